The molecule has 0 saturated carbocycles. The maximum absolute atomic E-state index is 12.5. The molecular formula is C16H17NO4S. The minimum Gasteiger partial charge on any atom is -0.480 e. The highest BCUT2D eigenvalue weighted by atomic mass is 32.1. The van der Waals surface area contributed by atoms with Crippen LogP contribution < -0.4 is 5.56 Å². The molecule has 1 heterocycles. The van der Waals surface area contributed by atoms with Gasteiger partial charge in [-0.1, -0.05) is 55.7 Å². The zero-order valence-electron chi connectivity index (χ0n) is 12.6. The maximum Gasteiger partial charge on any atom is 0.328 e. The first kappa shape index (κ1) is 16.2. The first-order valence-corrected chi connectivity index (χ1v) is 7.67. The molecule has 2 aromatic rings. The van der Waals surface area contributed by atoms with Gasteiger partial charge in [-0.15, -0.1) is 0 Å². The van der Waals surface area contributed by atoms with E-state index in [1.165, 1.54) is 3.96 Å². The lowest BCUT2D eigenvalue weighted by molar-refractivity contribution is -0.142. The summed E-state index contributed by atoms with van der Waals surface area (Å²) in [5.41, 5.74) is 0.367. The molecule has 0 spiro atoms. The smallest absolute Gasteiger partial charge is 0.328 e. The van der Waals surface area contributed by atoms with Crippen LogP contribution >= 0.6 is 11.5 Å². The van der Waals surface area contributed by atoms with Crippen LogP contribution in [0.15, 0.2) is 35.1 Å². The molecule has 0 radical (unpaired) electrons. The van der Waals surface area contributed by atoms with Crippen molar-refractivity contribution in [3.05, 3.63) is 56.7 Å². The summed E-state index contributed by atoms with van der Waals surface area (Å²) in [5.74, 6) is -1.59. The number of nitrogens with zero attached hydrogens (tertiary/aromatic N) is 1. The highest BCUT2D eigenvalue weighted by Crippen LogP contribution is 2.24. The Morgan fingerprint density at radius 2 is 1.77 bits per heavy atom. The number of benzene rings is 1. The summed E-state index contributed by atoms with van der Waals surface area (Å²) in [7, 11) is 0. The summed E-state index contributed by atoms with van der Waals surface area (Å²) in [6, 6.07) is 7.68. The van der Waals surface area contributed by atoms with Gasteiger partial charge in [0, 0.05) is 11.1 Å². The number of carbonyl (C=O) groups excluding carboxylic acids is 1. The highest BCUT2D eigenvalue weighted by Gasteiger charge is 2.29. The lowest BCUT2D eigenvalue weighted by atomic mass is 10.1. The van der Waals surface area contributed by atoms with E-state index < -0.39 is 17.6 Å². The molecule has 2 rings (SSSR count). The molecule has 0 aliphatic carbocycles. The standard InChI is InChI=1S/C16H17NO4S/c1-9(2)12(16(20)21)17-15(19)10(3)14(22-17)13(18)11-7-5-4-6-8-11/h4-9,12H,1-3H3,(H,20,21). The van der Waals surface area contributed by atoms with Gasteiger partial charge in [0.05, 0.1) is 0 Å². The van der Waals surface area contributed by atoms with Crippen LogP contribution in [0.3, 0.4) is 0 Å². The van der Waals surface area contributed by atoms with Gasteiger partial charge >= 0.3 is 5.97 Å². The average molecular weight is 319 g/mol. The van der Waals surface area contributed by atoms with E-state index in [-0.39, 0.29) is 11.7 Å². The molecule has 1 aromatic carbocycles. The van der Waals surface area contributed by atoms with E-state index in [0.717, 1.165) is 11.5 Å². The second-order valence-electron chi connectivity index (χ2n) is 5.40. The monoisotopic (exact) mass is 319 g/mol. The molecule has 0 aliphatic heterocycles. The Morgan fingerprint density at radius 3 is 2.27 bits per heavy atom. The van der Waals surface area contributed by atoms with Gasteiger partial charge in [-0.25, -0.2) is 8.75 Å². The highest BCUT2D eigenvalue weighted by molar-refractivity contribution is 7.09. The summed E-state index contributed by atoms with van der Waals surface area (Å²) in [6.07, 6.45) is 0. The van der Waals surface area contributed by atoms with E-state index in [1.807, 2.05) is 0 Å². The summed E-state index contributed by atoms with van der Waals surface area (Å²) < 4.78 is 1.19. The van der Waals surface area contributed by atoms with E-state index in [1.54, 1.807) is 51.1 Å². The minimum absolute atomic E-state index is 0.257. The largest absolute Gasteiger partial charge is 0.480 e. The van der Waals surface area contributed by atoms with Crippen LogP contribution in [0, 0.1) is 12.8 Å². The van der Waals surface area contributed by atoms with Crippen LogP contribution in [0.25, 0.3) is 0 Å². The fourth-order valence-electron chi connectivity index (χ4n) is 2.24. The van der Waals surface area contributed by atoms with Gasteiger partial charge in [0.25, 0.3) is 5.56 Å². The fourth-order valence-corrected chi connectivity index (χ4v) is 3.53. The first-order valence-electron chi connectivity index (χ1n) is 6.89. The first-order chi connectivity index (χ1) is 10.3. The van der Waals surface area contributed by atoms with E-state index >= 15 is 0 Å². The molecule has 22 heavy (non-hydrogen) atoms. The van der Waals surface area contributed by atoms with Crippen molar-refractivity contribution in [3.63, 3.8) is 0 Å². The Bertz CT molecular complexity index is 758. The Morgan fingerprint density at radius 1 is 1.18 bits per heavy atom. The quantitative estimate of drug-likeness (QED) is 0.860. The van der Waals surface area contributed by atoms with Gasteiger partial charge in [-0.2, -0.15) is 0 Å². The van der Waals surface area contributed by atoms with Crippen LogP contribution in [0.5, 0.6) is 0 Å². The lowest BCUT2D eigenvalue weighted by Crippen LogP contribution is -2.30. The van der Waals surface area contributed by atoms with E-state index in [2.05, 4.69) is 0 Å². The molecule has 1 aromatic heterocycles. The van der Waals surface area contributed by atoms with Crippen molar-refractivity contribution in [1.29, 1.82) is 0 Å². The van der Waals surface area contributed by atoms with Crippen LogP contribution in [0.4, 0.5) is 0 Å². The summed E-state index contributed by atoms with van der Waals surface area (Å²) in [4.78, 5) is 36.5. The number of rotatable bonds is 5. The van der Waals surface area contributed by atoms with Gasteiger partial charge < -0.3 is 5.11 Å². The molecule has 0 bridgehead atoms. The lowest BCUT2D eigenvalue weighted by Gasteiger charge is -2.15. The molecule has 5 nitrogen and oxygen atoms in total. The zero-order valence-corrected chi connectivity index (χ0v) is 13.4. The van der Waals surface area contributed by atoms with Gasteiger partial charge in [0.1, 0.15) is 10.9 Å². The molecule has 1 N–H and O–H groups in total. The second kappa shape index (κ2) is 6.27. The van der Waals surface area contributed by atoms with Crippen LogP contribution in [0.1, 0.15) is 40.7 Å². The van der Waals surface area contributed by atoms with Crippen molar-refractivity contribution >= 4 is 23.3 Å². The van der Waals surface area contributed by atoms with Crippen molar-refractivity contribution in [1.82, 2.24) is 3.96 Å². The molecule has 1 atom stereocenters. The van der Waals surface area contributed by atoms with Gasteiger partial charge in [-0.3, -0.25) is 9.59 Å². The van der Waals surface area contributed by atoms with Crippen molar-refractivity contribution in [2.75, 3.05) is 0 Å². The molecule has 0 amide bonds. The molecule has 0 aliphatic rings. The SMILES string of the molecule is Cc1c(C(=O)c2ccccc2)sn(C(C(=O)O)C(C)C)c1=O. The number of carboxylic acid groups (broad SMARTS) is 1. The van der Waals surface area contributed by atoms with Crippen molar-refractivity contribution in [2.45, 2.75) is 26.8 Å². The molecular weight excluding hydrogens is 302 g/mol. The van der Waals surface area contributed by atoms with Crippen molar-refractivity contribution in [2.24, 2.45) is 5.92 Å². The normalized spacial score (nSPS) is 12.4. The number of carbonyl (C=O) groups is 2. The molecule has 0 saturated heterocycles. The van der Waals surface area contributed by atoms with Gasteiger partial charge in [0.2, 0.25) is 5.78 Å². The molecule has 6 heteroatoms. The number of aromatic nitrogens is 1. The Balaban J connectivity index is 2.53. The Labute approximate surface area is 132 Å². The summed E-state index contributed by atoms with van der Waals surface area (Å²) in [5, 5.41) is 9.34. The third kappa shape index (κ3) is 2.87. The number of ketones is 1. The van der Waals surface area contributed by atoms with E-state index in [0.29, 0.717) is 16.0 Å². The molecule has 1 unspecified atom stereocenters. The minimum atomic E-state index is -1.07. The molecule has 0 fully saturated rings. The average Bonchev–Trinajstić information content (AvgIpc) is 2.75. The zero-order chi connectivity index (χ0) is 16.4. The Hall–Kier alpha value is -2.21. The fraction of sp³-hybridized carbons (Fsp3) is 0.312. The summed E-state index contributed by atoms with van der Waals surface area (Å²) in [6.45, 7) is 5.03. The Kier molecular flexibility index (Phi) is 4.61. The number of hydrogen-bond donors (Lipinski definition) is 1. The van der Waals surface area contributed by atoms with Crippen molar-refractivity contribution < 1.29 is 14.7 Å². The number of carboxylic acids is 1. The predicted molar refractivity (Wildman–Crippen MR) is 84.7 cm³/mol. The topological polar surface area (TPSA) is 76.4 Å². The van der Waals surface area contributed by atoms with Gasteiger partial charge in [-0.05, 0) is 12.8 Å². The van der Waals surface area contributed by atoms with Gasteiger partial charge in [0.15, 0.2) is 0 Å². The van der Waals surface area contributed by atoms with E-state index in [9.17, 15) is 19.5 Å². The number of aliphatic carboxylic acids is 1. The summed E-state index contributed by atoms with van der Waals surface area (Å²) >= 11 is 0.928. The van der Waals surface area contributed by atoms with E-state index in [4.69, 9.17) is 0 Å². The third-order valence-electron chi connectivity index (χ3n) is 3.43. The van der Waals surface area contributed by atoms with Crippen molar-refractivity contribution in [3.8, 4) is 0 Å². The number of hydrogen-bond acceptors (Lipinski definition) is 4. The van der Waals surface area contributed by atoms with Crippen LogP contribution in [0.2, 0.25) is 0 Å². The second-order valence-corrected chi connectivity index (χ2v) is 6.38. The van der Waals surface area contributed by atoms with Crippen LogP contribution in [-0.2, 0) is 4.79 Å². The molecule has 116 valence electrons. The van der Waals surface area contributed by atoms with Crippen LogP contribution in [-0.4, -0.2) is 20.8 Å². The maximum atomic E-state index is 12.5. The predicted octanol–water partition coefficient (Wildman–Crippen LogP) is 2.73. The third-order valence-corrected chi connectivity index (χ3v) is 4.69.